The molecule has 0 nitrogen and oxygen atoms in total. The van der Waals surface area contributed by atoms with Crippen molar-refractivity contribution in [1.82, 2.24) is 0 Å². The predicted octanol–water partition coefficient (Wildman–Crippen LogP) is 3.31. The van der Waals surface area contributed by atoms with Crippen LogP contribution >= 0.6 is 0 Å². The molecule has 0 saturated carbocycles. The molecular formula is C13H11. The van der Waals surface area contributed by atoms with Crippen LogP contribution in [0.15, 0.2) is 36.4 Å². The van der Waals surface area contributed by atoms with Crippen molar-refractivity contribution < 1.29 is 0 Å². The molecule has 1 atom stereocenters. The number of hydrogen-bond donors (Lipinski definition) is 0. The second-order valence-electron chi connectivity index (χ2n) is 3.76. The van der Waals surface area contributed by atoms with Crippen molar-refractivity contribution in [3.63, 3.8) is 0 Å². The standard InChI is InChI=1S/C13H11/c1-9-8-11-6-2-4-10-5-3-7-12(9)13(10)11/h2-7,9H,1,8H2. The molecule has 0 aliphatic heterocycles. The zero-order valence-corrected chi connectivity index (χ0v) is 7.46. The maximum atomic E-state index is 4.18. The summed E-state index contributed by atoms with van der Waals surface area (Å²) in [6, 6.07) is 13.1. The summed E-state index contributed by atoms with van der Waals surface area (Å²) in [6.45, 7) is 4.18. The first kappa shape index (κ1) is 7.14. The monoisotopic (exact) mass is 167 g/mol. The van der Waals surface area contributed by atoms with Gasteiger partial charge >= 0.3 is 0 Å². The molecule has 1 unspecified atom stereocenters. The van der Waals surface area contributed by atoms with Crippen LogP contribution in [0.2, 0.25) is 0 Å². The lowest BCUT2D eigenvalue weighted by Gasteiger charge is -2.02. The van der Waals surface area contributed by atoms with E-state index in [9.17, 15) is 0 Å². The molecule has 0 saturated heterocycles. The Morgan fingerprint density at radius 2 is 1.85 bits per heavy atom. The fraction of sp³-hybridized carbons (Fsp3) is 0.154. The third kappa shape index (κ3) is 0.859. The molecule has 0 heterocycles. The normalized spacial score (nSPS) is 19.6. The Hall–Kier alpha value is -1.30. The van der Waals surface area contributed by atoms with Gasteiger partial charge in [0.25, 0.3) is 0 Å². The van der Waals surface area contributed by atoms with Crippen LogP contribution in [0.5, 0.6) is 0 Å². The smallest absolute Gasteiger partial charge is 0.0115 e. The largest absolute Gasteiger partial charge is 0.0614 e. The topological polar surface area (TPSA) is 0 Å². The highest BCUT2D eigenvalue weighted by molar-refractivity contribution is 5.91. The minimum Gasteiger partial charge on any atom is -0.0614 e. The summed E-state index contributed by atoms with van der Waals surface area (Å²) in [5.41, 5.74) is 2.89. The van der Waals surface area contributed by atoms with E-state index in [1.807, 2.05) is 0 Å². The zero-order chi connectivity index (χ0) is 8.84. The number of rotatable bonds is 0. The zero-order valence-electron chi connectivity index (χ0n) is 7.46. The van der Waals surface area contributed by atoms with Gasteiger partial charge in [-0.2, -0.15) is 0 Å². The van der Waals surface area contributed by atoms with Crippen LogP contribution in [0.3, 0.4) is 0 Å². The Kier molecular flexibility index (Phi) is 1.29. The van der Waals surface area contributed by atoms with Crippen molar-refractivity contribution in [2.24, 2.45) is 0 Å². The van der Waals surface area contributed by atoms with Gasteiger partial charge in [-0.3, -0.25) is 0 Å². The average molecular weight is 167 g/mol. The first-order chi connectivity index (χ1) is 6.36. The maximum Gasteiger partial charge on any atom is -0.0115 e. The van der Waals surface area contributed by atoms with E-state index in [4.69, 9.17) is 0 Å². The first-order valence-electron chi connectivity index (χ1n) is 4.70. The molecule has 3 rings (SSSR count). The Bertz CT molecular complexity index is 463. The van der Waals surface area contributed by atoms with Crippen molar-refractivity contribution in [3.8, 4) is 0 Å². The first-order valence-corrected chi connectivity index (χ1v) is 4.70. The molecule has 0 aromatic heterocycles. The fourth-order valence-electron chi connectivity index (χ4n) is 2.34. The van der Waals surface area contributed by atoms with Crippen molar-refractivity contribution in [1.29, 1.82) is 0 Å². The molecule has 1 radical (unpaired) electrons. The van der Waals surface area contributed by atoms with Crippen molar-refractivity contribution in [2.45, 2.75) is 12.3 Å². The molecule has 0 N–H and O–H groups in total. The van der Waals surface area contributed by atoms with E-state index in [0.717, 1.165) is 6.42 Å². The van der Waals surface area contributed by atoms with Crippen molar-refractivity contribution in [3.05, 3.63) is 54.4 Å². The maximum absolute atomic E-state index is 4.18. The summed E-state index contributed by atoms with van der Waals surface area (Å²) < 4.78 is 0. The Balaban J connectivity index is 2.51. The van der Waals surface area contributed by atoms with Gasteiger partial charge in [0.2, 0.25) is 0 Å². The second-order valence-corrected chi connectivity index (χ2v) is 3.76. The van der Waals surface area contributed by atoms with Crippen LogP contribution in [-0.4, -0.2) is 0 Å². The van der Waals surface area contributed by atoms with Crippen LogP contribution in [0.4, 0.5) is 0 Å². The van der Waals surface area contributed by atoms with E-state index in [1.54, 1.807) is 0 Å². The predicted molar refractivity (Wildman–Crippen MR) is 55.8 cm³/mol. The summed E-state index contributed by atoms with van der Waals surface area (Å²) in [6.07, 6.45) is 1.11. The third-order valence-corrected chi connectivity index (χ3v) is 2.93. The van der Waals surface area contributed by atoms with Crippen LogP contribution in [0.1, 0.15) is 17.0 Å². The second kappa shape index (κ2) is 2.35. The molecule has 63 valence electrons. The fourth-order valence-corrected chi connectivity index (χ4v) is 2.34. The van der Waals surface area contributed by atoms with Gasteiger partial charge < -0.3 is 0 Å². The summed E-state index contributed by atoms with van der Waals surface area (Å²) in [7, 11) is 0. The number of hydrogen-bond acceptors (Lipinski definition) is 0. The average Bonchev–Trinajstić information content (AvgIpc) is 2.47. The highest BCUT2D eigenvalue weighted by Gasteiger charge is 2.19. The molecule has 1 aliphatic rings. The lowest BCUT2D eigenvalue weighted by molar-refractivity contribution is 0.880. The minimum absolute atomic E-state index is 0.459. The number of benzene rings is 2. The molecule has 0 fully saturated rings. The van der Waals surface area contributed by atoms with Gasteiger partial charge in [0.15, 0.2) is 0 Å². The van der Waals surface area contributed by atoms with E-state index in [2.05, 4.69) is 43.3 Å². The van der Waals surface area contributed by atoms with Crippen molar-refractivity contribution >= 4 is 10.8 Å². The summed E-state index contributed by atoms with van der Waals surface area (Å²) in [5, 5.41) is 2.81. The minimum atomic E-state index is 0.459. The Morgan fingerprint density at radius 3 is 2.69 bits per heavy atom. The van der Waals surface area contributed by atoms with E-state index in [1.165, 1.54) is 21.9 Å². The molecule has 2 aromatic carbocycles. The summed E-state index contributed by atoms with van der Waals surface area (Å²) in [4.78, 5) is 0. The van der Waals surface area contributed by atoms with Gasteiger partial charge in [-0.1, -0.05) is 36.4 Å². The highest BCUT2D eigenvalue weighted by atomic mass is 14.2. The summed E-state index contributed by atoms with van der Waals surface area (Å²) in [5.74, 6) is 0.459. The van der Waals surface area contributed by atoms with Gasteiger partial charge in [0.1, 0.15) is 0 Å². The van der Waals surface area contributed by atoms with Crippen LogP contribution in [-0.2, 0) is 6.42 Å². The lowest BCUT2D eigenvalue weighted by Crippen LogP contribution is -1.87. The van der Waals surface area contributed by atoms with Gasteiger partial charge in [-0.15, -0.1) is 0 Å². The van der Waals surface area contributed by atoms with Gasteiger partial charge in [-0.05, 0) is 41.2 Å². The molecule has 1 aliphatic carbocycles. The van der Waals surface area contributed by atoms with Crippen molar-refractivity contribution in [2.75, 3.05) is 0 Å². The van der Waals surface area contributed by atoms with E-state index < -0.39 is 0 Å². The van der Waals surface area contributed by atoms with Crippen LogP contribution in [0, 0.1) is 6.92 Å². The molecule has 0 spiro atoms. The van der Waals surface area contributed by atoms with Crippen LogP contribution < -0.4 is 0 Å². The molecule has 0 bridgehead atoms. The Morgan fingerprint density at radius 1 is 1.08 bits per heavy atom. The molecule has 13 heavy (non-hydrogen) atoms. The third-order valence-electron chi connectivity index (χ3n) is 2.93. The van der Waals surface area contributed by atoms with Gasteiger partial charge in [-0.25, -0.2) is 0 Å². The lowest BCUT2D eigenvalue weighted by atomic mass is 10.0. The SMILES string of the molecule is [CH2]C1Cc2cccc3cccc1c23. The van der Waals surface area contributed by atoms with E-state index >= 15 is 0 Å². The van der Waals surface area contributed by atoms with E-state index in [0.29, 0.717) is 5.92 Å². The van der Waals surface area contributed by atoms with Gasteiger partial charge in [0, 0.05) is 0 Å². The quantitative estimate of drug-likeness (QED) is 0.564. The van der Waals surface area contributed by atoms with E-state index in [-0.39, 0.29) is 0 Å². The molecular weight excluding hydrogens is 156 g/mol. The van der Waals surface area contributed by atoms with Gasteiger partial charge in [0.05, 0.1) is 0 Å². The molecule has 0 amide bonds. The molecule has 2 aromatic rings. The highest BCUT2D eigenvalue weighted by Crippen LogP contribution is 2.37. The van der Waals surface area contributed by atoms with Crippen LogP contribution in [0.25, 0.3) is 10.8 Å². The Labute approximate surface area is 78.2 Å². The molecule has 0 heteroatoms. The summed E-state index contributed by atoms with van der Waals surface area (Å²) >= 11 is 0.